The first-order valence-electron chi connectivity index (χ1n) is 9.25. The number of hydrogen-bond acceptors (Lipinski definition) is 4. The molecule has 0 fully saturated rings. The lowest BCUT2D eigenvalue weighted by atomic mass is 10.1. The van der Waals surface area contributed by atoms with E-state index in [1.807, 2.05) is 36.4 Å². The van der Waals surface area contributed by atoms with Crippen molar-refractivity contribution in [2.24, 2.45) is 0 Å². The van der Waals surface area contributed by atoms with Crippen molar-refractivity contribution in [3.05, 3.63) is 87.9 Å². The Bertz CT molecular complexity index is 1170. The number of carbonyl (C=O) groups is 1. The van der Waals surface area contributed by atoms with Crippen LogP contribution in [-0.2, 0) is 21.2 Å². The Kier molecular flexibility index (Phi) is 7.72. The van der Waals surface area contributed by atoms with Gasteiger partial charge >= 0.3 is 0 Å². The number of rotatable bonds is 8. The highest BCUT2D eigenvalue weighted by molar-refractivity contribution is 9.10. The van der Waals surface area contributed by atoms with Gasteiger partial charge in [-0.05, 0) is 58.2 Å². The summed E-state index contributed by atoms with van der Waals surface area (Å²) in [4.78, 5) is 13.0. The van der Waals surface area contributed by atoms with Gasteiger partial charge in [0.05, 0.1) is 22.7 Å². The number of anilines is 1. The fourth-order valence-electron chi connectivity index (χ4n) is 2.89. The fourth-order valence-corrected chi connectivity index (χ4v) is 4.82. The van der Waals surface area contributed by atoms with E-state index in [0.29, 0.717) is 15.9 Å². The van der Waals surface area contributed by atoms with Crippen LogP contribution < -0.4 is 14.8 Å². The second-order valence-electron chi connectivity index (χ2n) is 6.63. The number of hydrogen-bond donors (Lipinski definition) is 2. The number of amides is 1. The van der Waals surface area contributed by atoms with Gasteiger partial charge in [0.15, 0.2) is 0 Å². The van der Waals surface area contributed by atoms with E-state index in [1.54, 1.807) is 18.2 Å². The van der Waals surface area contributed by atoms with Crippen LogP contribution in [0.5, 0.6) is 5.75 Å². The molecule has 3 rings (SSSR count). The van der Waals surface area contributed by atoms with Crippen molar-refractivity contribution in [2.75, 3.05) is 12.4 Å². The molecule has 0 saturated heterocycles. The zero-order valence-corrected chi connectivity index (χ0v) is 19.7. The SMILES string of the molecule is COc1ccc(S(=O)(=O)N[C@H](Cc2ccccc2)C(=O)Nc2ccccc2Br)cc1Cl. The Morgan fingerprint density at radius 3 is 2.39 bits per heavy atom. The molecule has 0 bridgehead atoms. The molecule has 0 aromatic heterocycles. The molecule has 162 valence electrons. The van der Waals surface area contributed by atoms with Gasteiger partial charge in [-0.1, -0.05) is 54.1 Å². The highest BCUT2D eigenvalue weighted by Gasteiger charge is 2.27. The van der Waals surface area contributed by atoms with Crippen LogP contribution in [-0.4, -0.2) is 27.5 Å². The van der Waals surface area contributed by atoms with Crippen molar-refractivity contribution in [3.63, 3.8) is 0 Å². The zero-order chi connectivity index (χ0) is 22.4. The number of halogens is 2. The minimum Gasteiger partial charge on any atom is -0.495 e. The molecule has 2 N–H and O–H groups in total. The number of carbonyl (C=O) groups excluding carboxylic acids is 1. The monoisotopic (exact) mass is 522 g/mol. The van der Waals surface area contributed by atoms with Crippen molar-refractivity contribution in [1.29, 1.82) is 0 Å². The number of nitrogens with one attached hydrogen (secondary N) is 2. The summed E-state index contributed by atoms with van der Waals surface area (Å²) in [5, 5.41) is 2.93. The van der Waals surface area contributed by atoms with Gasteiger partial charge in [-0.25, -0.2) is 8.42 Å². The second kappa shape index (κ2) is 10.3. The minimum absolute atomic E-state index is 0.0648. The summed E-state index contributed by atoms with van der Waals surface area (Å²) in [5.41, 5.74) is 1.35. The summed E-state index contributed by atoms with van der Waals surface area (Å²) < 4.78 is 34.3. The van der Waals surface area contributed by atoms with Gasteiger partial charge < -0.3 is 10.1 Å². The third-order valence-electron chi connectivity index (χ3n) is 4.46. The van der Waals surface area contributed by atoms with Crippen LogP contribution in [0, 0.1) is 0 Å². The maximum Gasteiger partial charge on any atom is 0.242 e. The molecular weight excluding hydrogens is 504 g/mol. The van der Waals surface area contributed by atoms with Gasteiger partial charge in [0.25, 0.3) is 0 Å². The van der Waals surface area contributed by atoms with Crippen LogP contribution in [0.15, 0.2) is 82.2 Å². The largest absolute Gasteiger partial charge is 0.495 e. The lowest BCUT2D eigenvalue weighted by Gasteiger charge is -2.19. The number of methoxy groups -OCH3 is 1. The topological polar surface area (TPSA) is 84.5 Å². The van der Waals surface area contributed by atoms with Gasteiger partial charge in [0, 0.05) is 4.47 Å². The Morgan fingerprint density at radius 1 is 1.06 bits per heavy atom. The molecule has 0 radical (unpaired) electrons. The maximum atomic E-state index is 13.0. The molecule has 6 nitrogen and oxygen atoms in total. The van der Waals surface area contributed by atoms with E-state index in [4.69, 9.17) is 16.3 Å². The molecular formula is C22H20BrClN2O4S. The molecule has 0 aliphatic rings. The average molecular weight is 524 g/mol. The molecule has 0 spiro atoms. The van der Waals surface area contributed by atoms with Crippen molar-refractivity contribution >= 4 is 49.1 Å². The molecule has 1 amide bonds. The standard InChI is InChI=1S/C22H20BrClN2O4S/c1-30-21-12-11-16(14-18(21)24)31(28,29)26-20(13-15-7-3-2-4-8-15)22(27)25-19-10-6-5-9-17(19)23/h2-12,14,20,26H,13H2,1H3,(H,25,27)/t20-/m1/s1. The van der Waals surface area contributed by atoms with E-state index in [0.717, 1.165) is 5.56 Å². The average Bonchev–Trinajstić information content (AvgIpc) is 2.75. The van der Waals surface area contributed by atoms with Crippen LogP contribution in [0.2, 0.25) is 5.02 Å². The molecule has 31 heavy (non-hydrogen) atoms. The molecule has 0 heterocycles. The Hall–Kier alpha value is -2.39. The van der Waals surface area contributed by atoms with E-state index in [1.165, 1.54) is 25.3 Å². The molecule has 3 aromatic carbocycles. The number of benzene rings is 3. The minimum atomic E-state index is -4.04. The lowest BCUT2D eigenvalue weighted by Crippen LogP contribution is -2.45. The van der Waals surface area contributed by atoms with Crippen LogP contribution in [0.25, 0.3) is 0 Å². The van der Waals surface area contributed by atoms with Gasteiger partial charge in [0.1, 0.15) is 11.8 Å². The van der Waals surface area contributed by atoms with Crippen molar-refractivity contribution < 1.29 is 17.9 Å². The van der Waals surface area contributed by atoms with E-state index in [2.05, 4.69) is 26.0 Å². The quantitative estimate of drug-likeness (QED) is 0.451. The Morgan fingerprint density at radius 2 is 1.74 bits per heavy atom. The molecule has 0 aliphatic carbocycles. The Labute approximate surface area is 194 Å². The molecule has 1 atom stereocenters. The van der Waals surface area contributed by atoms with Gasteiger partial charge in [-0.2, -0.15) is 4.72 Å². The first-order chi connectivity index (χ1) is 14.8. The summed E-state index contributed by atoms with van der Waals surface area (Å²) in [6.45, 7) is 0. The third-order valence-corrected chi connectivity index (χ3v) is 6.92. The van der Waals surface area contributed by atoms with Crippen LogP contribution in [0.3, 0.4) is 0 Å². The van der Waals surface area contributed by atoms with Crippen LogP contribution in [0.4, 0.5) is 5.69 Å². The number of ether oxygens (including phenoxy) is 1. The van der Waals surface area contributed by atoms with Crippen molar-refractivity contribution in [1.82, 2.24) is 4.72 Å². The van der Waals surface area contributed by atoms with E-state index in [9.17, 15) is 13.2 Å². The van der Waals surface area contributed by atoms with E-state index >= 15 is 0 Å². The third kappa shape index (κ3) is 6.07. The number of sulfonamides is 1. The van der Waals surface area contributed by atoms with Gasteiger partial charge in [-0.15, -0.1) is 0 Å². The summed E-state index contributed by atoms with van der Waals surface area (Å²) in [7, 11) is -2.60. The molecule has 0 saturated carbocycles. The predicted molar refractivity (Wildman–Crippen MR) is 125 cm³/mol. The first kappa shape index (κ1) is 23.3. The normalized spacial score (nSPS) is 12.2. The summed E-state index contributed by atoms with van der Waals surface area (Å²) >= 11 is 9.47. The van der Waals surface area contributed by atoms with E-state index < -0.39 is 22.0 Å². The maximum absolute atomic E-state index is 13.0. The molecule has 0 aliphatic heterocycles. The summed E-state index contributed by atoms with van der Waals surface area (Å²) in [6, 6.07) is 19.3. The second-order valence-corrected chi connectivity index (χ2v) is 9.60. The van der Waals surface area contributed by atoms with Crippen LogP contribution in [0.1, 0.15) is 5.56 Å². The van der Waals surface area contributed by atoms with Crippen molar-refractivity contribution in [2.45, 2.75) is 17.4 Å². The lowest BCUT2D eigenvalue weighted by molar-refractivity contribution is -0.117. The highest BCUT2D eigenvalue weighted by atomic mass is 79.9. The fraction of sp³-hybridized carbons (Fsp3) is 0.136. The van der Waals surface area contributed by atoms with E-state index in [-0.39, 0.29) is 16.3 Å². The van der Waals surface area contributed by atoms with Gasteiger partial charge in [-0.3, -0.25) is 4.79 Å². The molecule has 0 unspecified atom stereocenters. The molecule has 9 heteroatoms. The van der Waals surface area contributed by atoms with Crippen LogP contribution >= 0.6 is 27.5 Å². The van der Waals surface area contributed by atoms with Crippen molar-refractivity contribution in [3.8, 4) is 5.75 Å². The zero-order valence-electron chi connectivity index (χ0n) is 16.5. The first-order valence-corrected chi connectivity index (χ1v) is 11.9. The number of para-hydroxylation sites is 1. The summed E-state index contributed by atoms with van der Waals surface area (Å²) in [6.07, 6.45) is 0.167. The smallest absolute Gasteiger partial charge is 0.242 e. The van der Waals surface area contributed by atoms with Gasteiger partial charge in [0.2, 0.25) is 15.9 Å². The Balaban J connectivity index is 1.89. The predicted octanol–water partition coefficient (Wildman–Crippen LogP) is 4.64. The highest BCUT2D eigenvalue weighted by Crippen LogP contribution is 2.27. The molecule has 3 aromatic rings. The summed E-state index contributed by atoms with van der Waals surface area (Å²) in [5.74, 6) is -0.132.